The van der Waals surface area contributed by atoms with Gasteiger partial charge in [0.1, 0.15) is 5.75 Å². The van der Waals surface area contributed by atoms with Crippen molar-refractivity contribution in [3.8, 4) is 5.75 Å². The summed E-state index contributed by atoms with van der Waals surface area (Å²) in [5.74, 6) is -3.10. The summed E-state index contributed by atoms with van der Waals surface area (Å²) in [5.41, 5.74) is -0.353. The fraction of sp³-hybridized carbons (Fsp3) is 0.250. The predicted octanol–water partition coefficient (Wildman–Crippen LogP) is 0.827. The highest BCUT2D eigenvalue weighted by Crippen LogP contribution is 2.26. The average molecular weight is 369 g/mol. The van der Waals surface area contributed by atoms with Crippen molar-refractivity contribution < 1.29 is 29.3 Å². The zero-order valence-electron chi connectivity index (χ0n) is 15.2. The zero-order chi connectivity index (χ0) is 20.1. The van der Waals surface area contributed by atoms with E-state index >= 15 is 0 Å². The van der Waals surface area contributed by atoms with Gasteiger partial charge in [0.15, 0.2) is 6.10 Å². The number of para-hydroxylation sites is 1. The van der Waals surface area contributed by atoms with Crippen molar-refractivity contribution >= 4 is 23.5 Å². The van der Waals surface area contributed by atoms with Crippen LogP contribution in [-0.2, 0) is 4.79 Å². The first-order valence-electron chi connectivity index (χ1n) is 8.35. The second kappa shape index (κ2) is 8.35. The number of carbonyl (C=O) groups is 3. The molecule has 2 rings (SSSR count). The monoisotopic (exact) mass is 369 g/mol. The molecule has 0 saturated heterocycles. The van der Waals surface area contributed by atoms with E-state index in [2.05, 4.69) is 5.32 Å². The number of hydrogen-bond acceptors (Lipinski definition) is 6. The lowest BCUT2D eigenvalue weighted by Crippen LogP contribution is -2.34. The van der Waals surface area contributed by atoms with Crippen molar-refractivity contribution in [3.05, 3.63) is 58.7 Å². The predicted molar refractivity (Wildman–Crippen MR) is 94.4 cm³/mol. The second-order valence-electron chi connectivity index (χ2n) is 5.99. The molecule has 7 heteroatoms. The molecule has 1 N–H and O–H groups in total. The van der Waals surface area contributed by atoms with Crippen LogP contribution in [0.5, 0.6) is 5.75 Å². The first kappa shape index (κ1) is 20.0. The van der Waals surface area contributed by atoms with E-state index < -0.39 is 23.9 Å². The Morgan fingerprint density at radius 3 is 2.19 bits per heavy atom. The fourth-order valence-corrected chi connectivity index (χ4v) is 2.76. The SMILES string of the molecule is CCC(Oc1ccccc1)C(=O)Nc1cc(C(=O)[O-])c(C)c(C(=O)[O-])c1C. The molecule has 0 bridgehead atoms. The Labute approximate surface area is 156 Å². The number of benzene rings is 2. The van der Waals surface area contributed by atoms with Crippen molar-refractivity contribution in [1.29, 1.82) is 0 Å². The second-order valence-corrected chi connectivity index (χ2v) is 5.99. The van der Waals surface area contributed by atoms with Gasteiger partial charge in [-0.25, -0.2) is 0 Å². The molecule has 142 valence electrons. The quantitative estimate of drug-likeness (QED) is 0.772. The first-order valence-corrected chi connectivity index (χ1v) is 8.35. The zero-order valence-corrected chi connectivity index (χ0v) is 15.2. The molecule has 0 aliphatic heterocycles. The van der Waals surface area contributed by atoms with E-state index in [9.17, 15) is 24.6 Å². The van der Waals surface area contributed by atoms with E-state index in [1.165, 1.54) is 19.9 Å². The molecule has 0 saturated carbocycles. The molecule has 0 aliphatic rings. The van der Waals surface area contributed by atoms with Crippen LogP contribution >= 0.6 is 0 Å². The Morgan fingerprint density at radius 2 is 1.67 bits per heavy atom. The van der Waals surface area contributed by atoms with E-state index in [0.29, 0.717) is 12.2 Å². The summed E-state index contributed by atoms with van der Waals surface area (Å²) in [6, 6.07) is 9.93. The summed E-state index contributed by atoms with van der Waals surface area (Å²) in [6.07, 6.45) is -0.488. The molecule has 2 aromatic carbocycles. The number of carboxylic acids is 2. The van der Waals surface area contributed by atoms with Crippen LogP contribution in [0.3, 0.4) is 0 Å². The molecule has 0 fully saturated rings. The fourth-order valence-electron chi connectivity index (χ4n) is 2.76. The number of amides is 1. The molecule has 1 amide bonds. The maximum Gasteiger partial charge on any atom is 0.265 e. The molecule has 0 heterocycles. The summed E-state index contributed by atoms with van der Waals surface area (Å²) >= 11 is 0. The van der Waals surface area contributed by atoms with Crippen LogP contribution in [0, 0.1) is 13.8 Å². The molecule has 1 unspecified atom stereocenters. The van der Waals surface area contributed by atoms with Crippen LogP contribution in [0.4, 0.5) is 5.69 Å². The Hall–Kier alpha value is -3.35. The van der Waals surface area contributed by atoms with E-state index in [4.69, 9.17) is 4.74 Å². The Bertz CT molecular complexity index is 876. The molecule has 0 aromatic heterocycles. The number of carbonyl (C=O) groups excluding carboxylic acids is 3. The molecule has 0 aliphatic carbocycles. The topological polar surface area (TPSA) is 119 Å². The number of anilines is 1. The third-order valence-electron chi connectivity index (χ3n) is 4.21. The minimum Gasteiger partial charge on any atom is -0.545 e. The van der Waals surface area contributed by atoms with Crippen molar-refractivity contribution in [1.82, 2.24) is 0 Å². The van der Waals surface area contributed by atoms with Gasteiger partial charge in [0.05, 0.1) is 11.9 Å². The van der Waals surface area contributed by atoms with E-state index in [1.807, 2.05) is 6.07 Å². The average Bonchev–Trinajstić information content (AvgIpc) is 2.62. The van der Waals surface area contributed by atoms with Gasteiger partial charge in [-0.3, -0.25) is 4.79 Å². The Morgan fingerprint density at radius 1 is 1.04 bits per heavy atom. The highest BCUT2D eigenvalue weighted by Gasteiger charge is 2.21. The van der Waals surface area contributed by atoms with Crippen molar-refractivity contribution in [2.75, 3.05) is 5.32 Å². The molecular weight excluding hydrogens is 350 g/mol. The normalized spacial score (nSPS) is 11.5. The van der Waals surface area contributed by atoms with Gasteiger partial charge in [-0.2, -0.15) is 0 Å². The number of rotatable bonds is 7. The maximum atomic E-state index is 12.6. The van der Waals surface area contributed by atoms with Gasteiger partial charge in [-0.15, -0.1) is 0 Å². The largest absolute Gasteiger partial charge is 0.545 e. The van der Waals surface area contributed by atoms with E-state index in [-0.39, 0.29) is 27.9 Å². The molecular formula is C20H19NO6-2. The van der Waals surface area contributed by atoms with Crippen LogP contribution in [0.1, 0.15) is 45.2 Å². The molecule has 2 aromatic rings. The van der Waals surface area contributed by atoms with Crippen LogP contribution < -0.4 is 20.3 Å². The van der Waals surface area contributed by atoms with Gasteiger partial charge in [-0.1, -0.05) is 25.1 Å². The van der Waals surface area contributed by atoms with Gasteiger partial charge >= 0.3 is 0 Å². The molecule has 0 radical (unpaired) electrons. The van der Waals surface area contributed by atoms with Gasteiger partial charge in [-0.05, 0) is 49.6 Å². The maximum absolute atomic E-state index is 12.6. The van der Waals surface area contributed by atoms with Gasteiger partial charge in [0.2, 0.25) is 0 Å². The van der Waals surface area contributed by atoms with E-state index in [0.717, 1.165) is 0 Å². The third-order valence-corrected chi connectivity index (χ3v) is 4.21. The summed E-state index contributed by atoms with van der Waals surface area (Å²) in [5, 5.41) is 25.3. The number of ether oxygens (including phenoxy) is 1. The first-order chi connectivity index (χ1) is 12.8. The third kappa shape index (κ3) is 4.44. The highest BCUT2D eigenvalue weighted by molar-refractivity contribution is 6.02. The van der Waals surface area contributed by atoms with Crippen LogP contribution in [0.2, 0.25) is 0 Å². The summed E-state index contributed by atoms with van der Waals surface area (Å²) in [4.78, 5) is 35.3. The standard InChI is InChI=1S/C20H21NO6/c1-4-16(27-13-8-6-5-7-9-13)18(22)21-15-10-14(19(23)24)11(2)17(12(15)3)20(25)26/h5-10,16H,4H2,1-3H3,(H,21,22)(H,23,24)(H,25,26)/p-2. The van der Waals surface area contributed by atoms with E-state index in [1.54, 1.807) is 31.2 Å². The Kier molecular flexibility index (Phi) is 6.18. The lowest BCUT2D eigenvalue weighted by molar-refractivity contribution is -0.255. The van der Waals surface area contributed by atoms with Gasteiger partial charge in [0, 0.05) is 16.8 Å². The number of carboxylic acid groups (broad SMARTS) is 2. The molecule has 1 atom stereocenters. The number of nitrogens with one attached hydrogen (secondary N) is 1. The Balaban J connectivity index is 2.36. The van der Waals surface area contributed by atoms with Crippen LogP contribution in [-0.4, -0.2) is 23.9 Å². The van der Waals surface area contributed by atoms with Gasteiger partial charge in [0.25, 0.3) is 5.91 Å². The summed E-state index contributed by atoms with van der Waals surface area (Å²) in [6.45, 7) is 4.57. The number of hydrogen-bond donors (Lipinski definition) is 1. The molecule has 7 nitrogen and oxygen atoms in total. The van der Waals surface area contributed by atoms with Crippen LogP contribution in [0.25, 0.3) is 0 Å². The van der Waals surface area contributed by atoms with Crippen molar-refractivity contribution in [2.24, 2.45) is 0 Å². The van der Waals surface area contributed by atoms with Crippen LogP contribution in [0.15, 0.2) is 36.4 Å². The smallest absolute Gasteiger partial charge is 0.265 e. The van der Waals surface area contributed by atoms with Crippen molar-refractivity contribution in [2.45, 2.75) is 33.3 Å². The summed E-state index contributed by atoms with van der Waals surface area (Å²) < 4.78 is 5.65. The van der Waals surface area contributed by atoms with Crippen molar-refractivity contribution in [3.63, 3.8) is 0 Å². The lowest BCUT2D eigenvalue weighted by atomic mass is 9.95. The lowest BCUT2D eigenvalue weighted by Gasteiger charge is -2.22. The minimum atomic E-state index is -1.54. The number of aromatic carboxylic acids is 2. The minimum absolute atomic E-state index is 0.0121. The summed E-state index contributed by atoms with van der Waals surface area (Å²) in [7, 11) is 0. The van der Waals surface area contributed by atoms with Gasteiger partial charge < -0.3 is 29.9 Å². The molecule has 0 spiro atoms. The molecule has 27 heavy (non-hydrogen) atoms. The highest BCUT2D eigenvalue weighted by atomic mass is 16.5.